The Balaban J connectivity index is 1.82. The van der Waals surface area contributed by atoms with Crippen molar-refractivity contribution in [3.63, 3.8) is 0 Å². The normalized spacial score (nSPS) is 14.4. The molecule has 0 aliphatic carbocycles. The summed E-state index contributed by atoms with van der Waals surface area (Å²) in [6, 6.07) is 29.8. The maximum Gasteiger partial charge on any atom is 0.0708 e. The maximum atomic E-state index is 4.54. The van der Waals surface area contributed by atoms with E-state index in [2.05, 4.69) is 89.7 Å². The van der Waals surface area contributed by atoms with Crippen LogP contribution < -0.4 is 10.6 Å². The molecule has 0 amide bonds. The number of nitrogens with zero attached hydrogens (tertiary/aromatic N) is 1. The van der Waals surface area contributed by atoms with E-state index in [1.165, 1.54) is 21.7 Å². The molecule has 0 saturated carbocycles. The van der Waals surface area contributed by atoms with Crippen LogP contribution in [0.3, 0.4) is 0 Å². The minimum absolute atomic E-state index is 0.540. The smallest absolute Gasteiger partial charge is 0.0708 e. The molecule has 110 valence electrons. The zero-order valence-electron chi connectivity index (χ0n) is 12.6. The lowest BCUT2D eigenvalue weighted by molar-refractivity contribution is 1.55. The molecule has 0 bridgehead atoms. The molecule has 0 fully saturated rings. The number of allylic oxidation sites excluding steroid dienone is 1. The van der Waals surface area contributed by atoms with Gasteiger partial charge in [0.15, 0.2) is 0 Å². The quantitative estimate of drug-likeness (QED) is 0.611. The Kier molecular flexibility index (Phi) is 3.88. The third-order valence-electron chi connectivity index (χ3n) is 3.89. The summed E-state index contributed by atoms with van der Waals surface area (Å²) in [5.41, 5.74) is 3.51. The van der Waals surface area contributed by atoms with Crippen LogP contribution in [0.5, 0.6) is 0 Å². The first-order valence-corrected chi connectivity index (χ1v) is 9.07. The Morgan fingerprint density at radius 2 is 1.22 bits per heavy atom. The molecule has 0 saturated heterocycles. The van der Waals surface area contributed by atoms with Crippen molar-refractivity contribution in [2.45, 2.75) is 0 Å². The Morgan fingerprint density at radius 3 is 1.87 bits per heavy atom. The number of fused-ring (bicyclic) bond motifs is 1. The molecular formula is C21H16NP. The van der Waals surface area contributed by atoms with E-state index in [0.717, 1.165) is 5.69 Å². The molecular weight excluding hydrogens is 297 g/mol. The predicted octanol–water partition coefficient (Wildman–Crippen LogP) is 4.88. The molecule has 1 nitrogen and oxygen atoms in total. The number of aliphatic imine (C=N–C) groups is 1. The second kappa shape index (κ2) is 6.32. The summed E-state index contributed by atoms with van der Waals surface area (Å²) in [6.07, 6.45) is 1.99. The van der Waals surface area contributed by atoms with E-state index in [1.807, 2.05) is 12.3 Å². The van der Waals surface area contributed by atoms with Gasteiger partial charge in [0.1, 0.15) is 0 Å². The topological polar surface area (TPSA) is 12.4 Å². The van der Waals surface area contributed by atoms with Crippen molar-refractivity contribution in [1.29, 1.82) is 0 Å². The zero-order chi connectivity index (χ0) is 15.5. The second-order valence-corrected chi connectivity index (χ2v) is 7.43. The molecule has 1 aliphatic rings. The molecule has 0 atom stereocenters. The van der Waals surface area contributed by atoms with E-state index in [1.54, 1.807) is 0 Å². The molecule has 0 radical (unpaired) electrons. The lowest BCUT2D eigenvalue weighted by Gasteiger charge is -2.15. The lowest BCUT2D eigenvalue weighted by atomic mass is 10.1. The standard InChI is InChI=1S/C21H16NP/c1-3-9-18(10-4-1)23(19-11-5-2-6-12-19)16-17-15-22-21-14-8-7-13-20(17)21/h1-16H. The molecule has 0 N–H and O–H groups in total. The van der Waals surface area contributed by atoms with Crippen LogP contribution >= 0.6 is 7.92 Å². The van der Waals surface area contributed by atoms with Gasteiger partial charge in [-0.2, -0.15) is 0 Å². The van der Waals surface area contributed by atoms with Gasteiger partial charge in [-0.15, -0.1) is 0 Å². The van der Waals surface area contributed by atoms with Gasteiger partial charge in [-0.05, 0) is 30.4 Å². The minimum Gasteiger partial charge on any atom is -0.256 e. The van der Waals surface area contributed by atoms with Gasteiger partial charge in [0.05, 0.1) is 5.69 Å². The van der Waals surface area contributed by atoms with Crippen molar-refractivity contribution >= 4 is 36.0 Å². The zero-order valence-corrected chi connectivity index (χ0v) is 13.5. The molecule has 3 aromatic carbocycles. The van der Waals surface area contributed by atoms with E-state index < -0.39 is 7.92 Å². The lowest BCUT2D eigenvalue weighted by Crippen LogP contribution is -2.09. The SMILES string of the molecule is C1=Nc2ccccc2C1=CP(c1ccccc1)c1ccccc1. The average molecular weight is 313 g/mol. The van der Waals surface area contributed by atoms with Crippen molar-refractivity contribution in [2.24, 2.45) is 4.99 Å². The molecule has 2 heteroatoms. The summed E-state index contributed by atoms with van der Waals surface area (Å²) in [4.78, 5) is 4.54. The Bertz CT molecular complexity index is 827. The molecule has 0 aromatic heterocycles. The van der Waals surface area contributed by atoms with E-state index in [-0.39, 0.29) is 0 Å². The molecule has 3 aromatic rings. The molecule has 0 unspecified atom stereocenters. The molecule has 1 heterocycles. The first kappa shape index (κ1) is 14.1. The van der Waals surface area contributed by atoms with Gasteiger partial charge in [-0.3, -0.25) is 4.99 Å². The Hall–Kier alpha value is -2.50. The third-order valence-corrected chi connectivity index (χ3v) is 6.14. The van der Waals surface area contributed by atoms with Gasteiger partial charge in [0.2, 0.25) is 0 Å². The monoisotopic (exact) mass is 313 g/mol. The van der Waals surface area contributed by atoms with E-state index in [0.29, 0.717) is 0 Å². The first-order chi connectivity index (χ1) is 11.4. The van der Waals surface area contributed by atoms with Gasteiger partial charge in [0.25, 0.3) is 0 Å². The number of benzene rings is 3. The minimum atomic E-state index is -0.540. The fourth-order valence-corrected chi connectivity index (χ4v) is 4.82. The van der Waals surface area contributed by atoms with Crippen LogP contribution in [0.4, 0.5) is 5.69 Å². The Morgan fingerprint density at radius 1 is 0.652 bits per heavy atom. The van der Waals surface area contributed by atoms with Gasteiger partial charge in [-0.1, -0.05) is 78.9 Å². The van der Waals surface area contributed by atoms with Gasteiger partial charge in [0, 0.05) is 17.4 Å². The molecule has 1 aliphatic heterocycles. The summed E-state index contributed by atoms with van der Waals surface area (Å²) in [6.45, 7) is 0. The number of rotatable bonds is 3. The number of hydrogen-bond acceptors (Lipinski definition) is 1. The number of para-hydroxylation sites is 1. The van der Waals surface area contributed by atoms with E-state index in [4.69, 9.17) is 0 Å². The Labute approximate surface area is 137 Å². The first-order valence-electron chi connectivity index (χ1n) is 7.66. The molecule has 0 spiro atoms. The fourth-order valence-electron chi connectivity index (χ4n) is 2.76. The van der Waals surface area contributed by atoms with E-state index in [9.17, 15) is 0 Å². The van der Waals surface area contributed by atoms with Gasteiger partial charge in [-0.25, -0.2) is 0 Å². The highest BCUT2D eigenvalue weighted by molar-refractivity contribution is 7.76. The third kappa shape index (κ3) is 2.88. The molecule has 4 rings (SSSR count). The fraction of sp³-hybridized carbons (Fsp3) is 0. The van der Waals surface area contributed by atoms with Crippen molar-refractivity contribution in [1.82, 2.24) is 0 Å². The summed E-state index contributed by atoms with van der Waals surface area (Å²) < 4.78 is 0. The number of hydrogen-bond donors (Lipinski definition) is 0. The van der Waals surface area contributed by atoms with Crippen molar-refractivity contribution < 1.29 is 0 Å². The van der Waals surface area contributed by atoms with Gasteiger partial charge < -0.3 is 0 Å². The maximum absolute atomic E-state index is 4.54. The van der Waals surface area contributed by atoms with Crippen LogP contribution in [0.2, 0.25) is 0 Å². The molecule has 23 heavy (non-hydrogen) atoms. The van der Waals surface area contributed by atoms with Crippen molar-refractivity contribution in [3.05, 3.63) is 96.3 Å². The summed E-state index contributed by atoms with van der Waals surface area (Å²) in [5, 5.41) is 2.72. The largest absolute Gasteiger partial charge is 0.256 e. The van der Waals surface area contributed by atoms with Crippen molar-refractivity contribution in [2.75, 3.05) is 0 Å². The van der Waals surface area contributed by atoms with Crippen LogP contribution in [-0.4, -0.2) is 6.21 Å². The van der Waals surface area contributed by atoms with Crippen LogP contribution in [0, 0.1) is 0 Å². The summed E-state index contributed by atoms with van der Waals surface area (Å²) in [7, 11) is -0.540. The summed E-state index contributed by atoms with van der Waals surface area (Å²) >= 11 is 0. The second-order valence-electron chi connectivity index (χ2n) is 5.40. The van der Waals surface area contributed by atoms with Crippen LogP contribution in [0.25, 0.3) is 5.57 Å². The van der Waals surface area contributed by atoms with Crippen LogP contribution in [0.15, 0.2) is 95.7 Å². The van der Waals surface area contributed by atoms with Crippen LogP contribution in [-0.2, 0) is 0 Å². The summed E-state index contributed by atoms with van der Waals surface area (Å²) in [5.74, 6) is 2.38. The predicted molar refractivity (Wildman–Crippen MR) is 102 cm³/mol. The highest BCUT2D eigenvalue weighted by atomic mass is 31.1. The van der Waals surface area contributed by atoms with E-state index >= 15 is 0 Å². The highest BCUT2D eigenvalue weighted by Gasteiger charge is 2.16. The highest BCUT2D eigenvalue weighted by Crippen LogP contribution is 2.41. The van der Waals surface area contributed by atoms with Gasteiger partial charge >= 0.3 is 0 Å². The van der Waals surface area contributed by atoms with Crippen molar-refractivity contribution in [3.8, 4) is 0 Å². The van der Waals surface area contributed by atoms with Crippen LogP contribution in [0.1, 0.15) is 5.56 Å². The average Bonchev–Trinajstić information content (AvgIpc) is 3.04.